The molecule has 0 unspecified atom stereocenters. The zero-order chi connectivity index (χ0) is 19.1. The fraction of sp³-hybridized carbons (Fsp3) is 0.318. The average molecular weight is 376 g/mol. The van der Waals surface area contributed by atoms with Gasteiger partial charge in [0.1, 0.15) is 11.6 Å². The molecule has 0 atom stereocenters. The van der Waals surface area contributed by atoms with Crippen molar-refractivity contribution in [2.45, 2.75) is 38.3 Å². The van der Waals surface area contributed by atoms with Crippen LogP contribution in [0.4, 0.5) is 4.39 Å². The zero-order valence-electron chi connectivity index (χ0n) is 15.5. The molecule has 28 heavy (non-hydrogen) atoms. The van der Waals surface area contributed by atoms with Crippen LogP contribution in [0.15, 0.2) is 47.4 Å². The summed E-state index contributed by atoms with van der Waals surface area (Å²) in [7, 11) is 0. The largest absolute Gasteiger partial charge is 0.310 e. The van der Waals surface area contributed by atoms with E-state index in [1.165, 1.54) is 6.07 Å². The van der Waals surface area contributed by atoms with Gasteiger partial charge in [0, 0.05) is 43.7 Å². The molecule has 1 saturated carbocycles. The van der Waals surface area contributed by atoms with Crippen LogP contribution in [0.1, 0.15) is 41.4 Å². The predicted molar refractivity (Wildman–Crippen MR) is 104 cm³/mol. The molecule has 1 aliphatic carbocycles. The number of aromatic amines is 1. The molecule has 6 heteroatoms. The van der Waals surface area contributed by atoms with Gasteiger partial charge in [-0.1, -0.05) is 18.2 Å². The monoisotopic (exact) mass is 376 g/mol. The lowest BCUT2D eigenvalue weighted by molar-refractivity contribution is 0.241. The van der Waals surface area contributed by atoms with Gasteiger partial charge in [-0.2, -0.15) is 0 Å². The first-order chi connectivity index (χ1) is 13.7. The van der Waals surface area contributed by atoms with Crippen LogP contribution in [0.3, 0.4) is 0 Å². The Balaban J connectivity index is 1.31. The van der Waals surface area contributed by atoms with Gasteiger partial charge in [0.25, 0.3) is 5.56 Å². The summed E-state index contributed by atoms with van der Waals surface area (Å²) in [6, 6.07) is 10.5. The second-order valence-corrected chi connectivity index (χ2v) is 7.64. The summed E-state index contributed by atoms with van der Waals surface area (Å²) in [5.41, 5.74) is 3.91. The lowest BCUT2D eigenvalue weighted by Crippen LogP contribution is -2.35. The van der Waals surface area contributed by atoms with Crippen molar-refractivity contribution in [3.63, 3.8) is 0 Å². The number of halogens is 1. The molecule has 2 aliphatic rings. The number of pyridine rings is 1. The molecule has 0 saturated heterocycles. The van der Waals surface area contributed by atoms with Gasteiger partial charge < -0.3 is 4.98 Å². The van der Waals surface area contributed by atoms with E-state index in [1.54, 1.807) is 24.4 Å². The Morgan fingerprint density at radius 2 is 2.04 bits per heavy atom. The number of hydrogen-bond acceptors (Lipinski definition) is 4. The van der Waals surface area contributed by atoms with Crippen molar-refractivity contribution in [2.75, 3.05) is 6.54 Å². The Labute approximate surface area is 162 Å². The van der Waals surface area contributed by atoms with Crippen LogP contribution in [0.25, 0.3) is 11.3 Å². The summed E-state index contributed by atoms with van der Waals surface area (Å²) < 4.78 is 13.9. The highest BCUT2D eigenvalue weighted by Crippen LogP contribution is 2.37. The summed E-state index contributed by atoms with van der Waals surface area (Å²) in [5.74, 6) is 1.05. The molecule has 0 radical (unpaired) electrons. The highest BCUT2D eigenvalue weighted by atomic mass is 19.1. The van der Waals surface area contributed by atoms with Crippen LogP contribution in [0.2, 0.25) is 0 Å². The second kappa shape index (κ2) is 6.95. The van der Waals surface area contributed by atoms with Gasteiger partial charge in [0.05, 0.1) is 17.0 Å². The summed E-state index contributed by atoms with van der Waals surface area (Å²) in [6.07, 6.45) is 4.84. The first-order valence-corrected chi connectivity index (χ1v) is 9.71. The minimum absolute atomic E-state index is 0.00428. The predicted octanol–water partition coefficient (Wildman–Crippen LogP) is 3.41. The third kappa shape index (κ3) is 3.36. The lowest BCUT2D eigenvalue weighted by atomic mass is 10.1. The molecule has 1 aliphatic heterocycles. The number of hydrogen-bond donors (Lipinski definition) is 1. The van der Waals surface area contributed by atoms with Gasteiger partial charge >= 0.3 is 0 Å². The zero-order valence-corrected chi connectivity index (χ0v) is 15.5. The first kappa shape index (κ1) is 17.3. The minimum Gasteiger partial charge on any atom is -0.310 e. The number of aromatic nitrogens is 3. The third-order valence-corrected chi connectivity index (χ3v) is 5.51. The molecule has 0 spiro atoms. The molecule has 3 heterocycles. The molecule has 5 rings (SSSR count). The summed E-state index contributed by atoms with van der Waals surface area (Å²) >= 11 is 0. The van der Waals surface area contributed by atoms with Gasteiger partial charge in [-0.05, 0) is 36.6 Å². The molecule has 1 fully saturated rings. The van der Waals surface area contributed by atoms with Gasteiger partial charge in [-0.25, -0.2) is 9.37 Å². The van der Waals surface area contributed by atoms with Crippen LogP contribution < -0.4 is 5.56 Å². The second-order valence-electron chi connectivity index (χ2n) is 7.64. The molecule has 0 bridgehead atoms. The maximum Gasteiger partial charge on any atom is 0.255 e. The molecule has 1 aromatic carbocycles. The van der Waals surface area contributed by atoms with E-state index in [0.29, 0.717) is 30.3 Å². The molecule has 5 nitrogen and oxygen atoms in total. The Morgan fingerprint density at radius 3 is 2.79 bits per heavy atom. The van der Waals surface area contributed by atoms with Crippen LogP contribution in [-0.4, -0.2) is 26.4 Å². The summed E-state index contributed by atoms with van der Waals surface area (Å²) in [5, 5.41) is 0. The van der Waals surface area contributed by atoms with E-state index in [1.807, 2.05) is 12.1 Å². The quantitative estimate of drug-likeness (QED) is 0.758. The minimum atomic E-state index is -0.271. The van der Waals surface area contributed by atoms with Crippen molar-refractivity contribution in [2.24, 2.45) is 0 Å². The molecule has 2 aromatic heterocycles. The Morgan fingerprint density at radius 1 is 1.18 bits per heavy atom. The van der Waals surface area contributed by atoms with Crippen molar-refractivity contribution < 1.29 is 4.39 Å². The van der Waals surface area contributed by atoms with Gasteiger partial charge in [-0.15, -0.1) is 0 Å². The van der Waals surface area contributed by atoms with Crippen molar-refractivity contribution in [1.29, 1.82) is 0 Å². The van der Waals surface area contributed by atoms with E-state index in [0.717, 1.165) is 48.5 Å². The van der Waals surface area contributed by atoms with Gasteiger partial charge in [0.15, 0.2) is 0 Å². The van der Waals surface area contributed by atoms with Crippen LogP contribution >= 0.6 is 0 Å². The Hall–Kier alpha value is -2.86. The Bertz CT molecular complexity index is 1070. The molecular formula is C22H21FN4O. The number of rotatable bonds is 4. The number of nitrogens with one attached hydrogen (secondary N) is 1. The Kier molecular flexibility index (Phi) is 4.28. The smallest absolute Gasteiger partial charge is 0.255 e. The number of nitrogens with zero attached hydrogens (tertiary/aromatic N) is 3. The van der Waals surface area contributed by atoms with E-state index in [2.05, 4.69) is 14.9 Å². The van der Waals surface area contributed by atoms with Crippen molar-refractivity contribution in [3.05, 3.63) is 81.4 Å². The lowest BCUT2D eigenvalue weighted by Gasteiger charge is -2.27. The van der Waals surface area contributed by atoms with Crippen LogP contribution in [0.5, 0.6) is 0 Å². The van der Waals surface area contributed by atoms with Crippen molar-refractivity contribution in [3.8, 4) is 11.3 Å². The number of H-pyrrole nitrogens is 1. The first-order valence-electron chi connectivity index (χ1n) is 9.71. The number of benzene rings is 1. The van der Waals surface area contributed by atoms with Crippen LogP contribution in [-0.2, 0) is 19.5 Å². The van der Waals surface area contributed by atoms with E-state index < -0.39 is 0 Å². The van der Waals surface area contributed by atoms with E-state index >= 15 is 0 Å². The van der Waals surface area contributed by atoms with E-state index in [4.69, 9.17) is 4.98 Å². The van der Waals surface area contributed by atoms with Crippen molar-refractivity contribution >= 4 is 0 Å². The highest BCUT2D eigenvalue weighted by Gasteiger charge is 2.29. The van der Waals surface area contributed by atoms with Gasteiger partial charge in [0.2, 0.25) is 0 Å². The van der Waals surface area contributed by atoms with E-state index in [-0.39, 0.29) is 11.4 Å². The summed E-state index contributed by atoms with van der Waals surface area (Å²) in [4.78, 5) is 26.8. The molecule has 1 N–H and O–H groups in total. The van der Waals surface area contributed by atoms with Crippen molar-refractivity contribution in [1.82, 2.24) is 19.9 Å². The average Bonchev–Trinajstić information content (AvgIpc) is 3.55. The van der Waals surface area contributed by atoms with Crippen LogP contribution in [0, 0.1) is 5.82 Å². The summed E-state index contributed by atoms with van der Waals surface area (Å²) in [6.45, 7) is 2.16. The highest BCUT2D eigenvalue weighted by molar-refractivity contribution is 5.59. The number of fused-ring (bicyclic) bond motifs is 1. The molecule has 142 valence electrons. The van der Waals surface area contributed by atoms with Gasteiger partial charge in [-0.3, -0.25) is 14.7 Å². The normalized spacial score (nSPS) is 16.8. The standard InChI is InChI=1S/C22H21FN4O/c23-18-4-2-1-3-16(18)19-8-5-14(11-24-19)12-27-10-9-20-17(13-27)22(28)26-21(25-20)15-6-7-15/h1-5,8,11,15H,6-7,9-10,12-13H2,(H,25,26,28). The fourth-order valence-electron chi connectivity index (χ4n) is 3.79. The SMILES string of the molecule is O=c1[nH]c(C2CC2)nc2c1CN(Cc1ccc(-c3ccccc3F)nc1)CC2. The maximum atomic E-state index is 13.9. The fourth-order valence-corrected chi connectivity index (χ4v) is 3.79. The molecular weight excluding hydrogens is 355 g/mol. The van der Waals surface area contributed by atoms with E-state index in [9.17, 15) is 9.18 Å². The molecule has 0 amide bonds. The molecule has 3 aromatic rings. The maximum absolute atomic E-state index is 13.9. The topological polar surface area (TPSA) is 61.9 Å². The third-order valence-electron chi connectivity index (χ3n) is 5.51.